The summed E-state index contributed by atoms with van der Waals surface area (Å²) >= 11 is 1.77. The predicted octanol–water partition coefficient (Wildman–Crippen LogP) is 2.32. The second-order valence-electron chi connectivity index (χ2n) is 6.81. The van der Waals surface area contributed by atoms with Crippen LogP contribution in [0, 0.1) is 0 Å². The molecule has 0 spiro atoms. The summed E-state index contributed by atoms with van der Waals surface area (Å²) in [5.74, 6) is 0.668. The molecule has 1 saturated heterocycles. The van der Waals surface area contributed by atoms with Crippen molar-refractivity contribution >= 4 is 56.1 Å². The topological polar surface area (TPSA) is 73.8 Å². The fourth-order valence-corrected chi connectivity index (χ4v) is 3.63. The van der Waals surface area contributed by atoms with E-state index in [-0.39, 0.29) is 24.0 Å². The molecule has 1 aliphatic rings. The van der Waals surface area contributed by atoms with E-state index in [4.69, 9.17) is 0 Å². The number of hydrogen-bond donors (Lipinski definition) is 2. The molecule has 144 valence electrons. The first-order valence-electron chi connectivity index (χ1n) is 8.18. The van der Waals surface area contributed by atoms with Gasteiger partial charge in [-0.3, -0.25) is 4.99 Å². The second-order valence-corrected chi connectivity index (χ2v) is 10.4. The number of nitrogens with zero attached hydrogens (tertiary/aromatic N) is 2. The van der Waals surface area contributed by atoms with Crippen molar-refractivity contribution in [2.24, 2.45) is 4.99 Å². The maximum atomic E-state index is 11.8. The molecule has 1 fully saturated rings. The van der Waals surface area contributed by atoms with Crippen LogP contribution >= 0.6 is 35.3 Å². The van der Waals surface area contributed by atoms with Crippen molar-refractivity contribution < 1.29 is 8.42 Å². The Bertz CT molecular complexity index is 652. The average Bonchev–Trinajstić information content (AvgIpc) is 3.05. The summed E-state index contributed by atoms with van der Waals surface area (Å²) < 4.78 is 22.7. The lowest BCUT2D eigenvalue weighted by molar-refractivity contribution is 0.461. The minimum atomic E-state index is -3.12. The summed E-state index contributed by atoms with van der Waals surface area (Å²) in [5, 5.41) is 10.00. The van der Waals surface area contributed by atoms with E-state index >= 15 is 0 Å². The predicted molar refractivity (Wildman–Crippen MR) is 118 cm³/mol. The summed E-state index contributed by atoms with van der Waals surface area (Å²) in [4.78, 5) is 6.63. The second kappa shape index (κ2) is 9.40. The van der Waals surface area contributed by atoms with E-state index in [1.165, 1.54) is 11.3 Å². The molecule has 9 heteroatoms. The first-order chi connectivity index (χ1) is 11.2. The van der Waals surface area contributed by atoms with Crippen LogP contribution in [0.15, 0.2) is 22.5 Å². The van der Waals surface area contributed by atoms with E-state index in [2.05, 4.69) is 38.0 Å². The smallest absolute Gasteiger partial charge is 0.191 e. The number of piperidine rings is 1. The summed E-state index contributed by atoms with van der Waals surface area (Å²) in [7, 11) is -1.41. The van der Waals surface area contributed by atoms with Gasteiger partial charge in [0.1, 0.15) is 0 Å². The fourth-order valence-electron chi connectivity index (χ4n) is 2.51. The number of sulfone groups is 1. The van der Waals surface area contributed by atoms with Gasteiger partial charge >= 0.3 is 0 Å². The number of nitrogens with one attached hydrogen (secondary N) is 2. The molecule has 2 rings (SSSR count). The normalized spacial score (nSPS) is 17.1. The van der Waals surface area contributed by atoms with Gasteiger partial charge < -0.3 is 15.5 Å². The van der Waals surface area contributed by atoms with E-state index in [0.717, 1.165) is 25.9 Å². The van der Waals surface area contributed by atoms with Crippen molar-refractivity contribution in [3.63, 3.8) is 0 Å². The van der Waals surface area contributed by atoms with Gasteiger partial charge in [0.25, 0.3) is 0 Å². The quantitative estimate of drug-likeness (QED) is 0.369. The fraction of sp³-hybridized carbons (Fsp3) is 0.688. The van der Waals surface area contributed by atoms with E-state index in [9.17, 15) is 8.42 Å². The molecule has 2 N–H and O–H groups in total. The monoisotopic (exact) mass is 500 g/mol. The Morgan fingerprint density at radius 2 is 2.04 bits per heavy atom. The molecule has 0 amide bonds. The van der Waals surface area contributed by atoms with Gasteiger partial charge in [-0.2, -0.15) is 0 Å². The SMILES string of the molecule is CN=C(NCC(C)(C)S(C)(=O)=O)NC1CCN(c2cccs2)CC1.I. The van der Waals surface area contributed by atoms with Gasteiger partial charge in [0, 0.05) is 39.0 Å². The van der Waals surface area contributed by atoms with Crippen LogP contribution in [0.4, 0.5) is 5.00 Å². The van der Waals surface area contributed by atoms with Crippen molar-refractivity contribution in [1.82, 2.24) is 10.6 Å². The van der Waals surface area contributed by atoms with Crippen molar-refractivity contribution in [2.75, 3.05) is 37.8 Å². The third-order valence-electron chi connectivity index (χ3n) is 4.56. The van der Waals surface area contributed by atoms with E-state index in [1.807, 2.05) is 0 Å². The Labute approximate surface area is 172 Å². The zero-order valence-electron chi connectivity index (χ0n) is 15.3. The summed E-state index contributed by atoms with van der Waals surface area (Å²) in [6.45, 7) is 5.82. The number of rotatable bonds is 5. The lowest BCUT2D eigenvalue weighted by Crippen LogP contribution is -2.52. The highest BCUT2D eigenvalue weighted by Crippen LogP contribution is 2.24. The van der Waals surface area contributed by atoms with Crippen LogP contribution in [0.2, 0.25) is 0 Å². The highest BCUT2D eigenvalue weighted by atomic mass is 127. The molecule has 0 radical (unpaired) electrons. The van der Waals surface area contributed by atoms with Gasteiger partial charge in [0.05, 0.1) is 9.75 Å². The Kier molecular flexibility index (Phi) is 8.46. The minimum Gasteiger partial charge on any atom is -0.363 e. The van der Waals surface area contributed by atoms with E-state index in [0.29, 0.717) is 18.5 Å². The minimum absolute atomic E-state index is 0. The molecular formula is C16H29IN4O2S2. The maximum Gasteiger partial charge on any atom is 0.191 e. The standard InChI is InChI=1S/C16H28N4O2S2.HI/c1-16(2,24(4,21)22)12-18-15(17-3)19-13-7-9-20(10-8-13)14-6-5-11-23-14;/h5-6,11,13H,7-10,12H2,1-4H3,(H2,17,18,19);1H. The molecule has 1 aromatic heterocycles. The zero-order chi connectivity index (χ0) is 17.8. The molecule has 2 heterocycles. The Morgan fingerprint density at radius 3 is 2.52 bits per heavy atom. The van der Waals surface area contributed by atoms with Crippen LogP contribution in [0.3, 0.4) is 0 Å². The number of hydrogen-bond acceptors (Lipinski definition) is 5. The molecule has 25 heavy (non-hydrogen) atoms. The number of guanidine groups is 1. The third kappa shape index (κ3) is 6.28. The lowest BCUT2D eigenvalue weighted by Gasteiger charge is -2.34. The molecule has 0 aliphatic carbocycles. The molecule has 0 saturated carbocycles. The molecule has 0 atom stereocenters. The first-order valence-corrected chi connectivity index (χ1v) is 11.0. The Hall–Kier alpha value is -0.550. The molecule has 0 aromatic carbocycles. The maximum absolute atomic E-state index is 11.8. The van der Waals surface area contributed by atoms with Crippen LogP contribution in [-0.4, -0.2) is 58.1 Å². The largest absolute Gasteiger partial charge is 0.363 e. The van der Waals surface area contributed by atoms with Gasteiger partial charge in [-0.25, -0.2) is 8.42 Å². The van der Waals surface area contributed by atoms with Crippen molar-refractivity contribution in [3.05, 3.63) is 17.5 Å². The van der Waals surface area contributed by atoms with Crippen molar-refractivity contribution in [3.8, 4) is 0 Å². The highest BCUT2D eigenvalue weighted by molar-refractivity contribution is 14.0. The zero-order valence-corrected chi connectivity index (χ0v) is 19.2. The van der Waals surface area contributed by atoms with E-state index in [1.54, 1.807) is 32.2 Å². The van der Waals surface area contributed by atoms with E-state index < -0.39 is 14.6 Å². The van der Waals surface area contributed by atoms with Gasteiger partial charge in [0.2, 0.25) is 0 Å². The molecule has 1 aliphatic heterocycles. The van der Waals surface area contributed by atoms with Crippen molar-refractivity contribution in [2.45, 2.75) is 37.5 Å². The number of anilines is 1. The van der Waals surface area contributed by atoms with Crippen LogP contribution < -0.4 is 15.5 Å². The molecular weight excluding hydrogens is 471 g/mol. The van der Waals surface area contributed by atoms with Crippen LogP contribution in [0.5, 0.6) is 0 Å². The average molecular weight is 500 g/mol. The highest BCUT2D eigenvalue weighted by Gasteiger charge is 2.30. The molecule has 6 nitrogen and oxygen atoms in total. The molecule has 1 aromatic rings. The summed E-state index contributed by atoms with van der Waals surface area (Å²) in [5.41, 5.74) is 0. The summed E-state index contributed by atoms with van der Waals surface area (Å²) in [6.07, 6.45) is 3.34. The van der Waals surface area contributed by atoms with Crippen LogP contribution in [-0.2, 0) is 9.84 Å². The summed E-state index contributed by atoms with van der Waals surface area (Å²) in [6, 6.07) is 4.60. The lowest BCUT2D eigenvalue weighted by atomic mass is 10.1. The number of halogens is 1. The van der Waals surface area contributed by atoms with Gasteiger partial charge in [0.15, 0.2) is 15.8 Å². The molecule has 0 bridgehead atoms. The van der Waals surface area contributed by atoms with Gasteiger partial charge in [-0.05, 0) is 44.2 Å². The Balaban J connectivity index is 0.00000312. The molecule has 0 unspecified atom stereocenters. The Morgan fingerprint density at radius 1 is 1.40 bits per heavy atom. The van der Waals surface area contributed by atoms with Crippen molar-refractivity contribution in [1.29, 1.82) is 0 Å². The van der Waals surface area contributed by atoms with Gasteiger partial charge in [-0.15, -0.1) is 35.3 Å². The number of aliphatic imine (C=N–C) groups is 1. The van der Waals surface area contributed by atoms with Gasteiger partial charge in [-0.1, -0.05) is 0 Å². The van der Waals surface area contributed by atoms with Crippen LogP contribution in [0.25, 0.3) is 0 Å². The number of thiophene rings is 1. The third-order valence-corrected chi connectivity index (χ3v) is 7.64. The van der Waals surface area contributed by atoms with Crippen LogP contribution in [0.1, 0.15) is 26.7 Å². The first kappa shape index (κ1) is 22.5.